The Labute approximate surface area is 113 Å². The highest BCUT2D eigenvalue weighted by Crippen LogP contribution is 2.34. The van der Waals surface area contributed by atoms with E-state index in [0.29, 0.717) is 11.5 Å². The van der Waals surface area contributed by atoms with Crippen molar-refractivity contribution in [3.05, 3.63) is 54.1 Å². The molecule has 0 unspecified atom stereocenters. The summed E-state index contributed by atoms with van der Waals surface area (Å²) in [5.74, 6) is 1.32. The average Bonchev–Trinajstić information content (AvgIpc) is 2.31. The van der Waals surface area contributed by atoms with Crippen molar-refractivity contribution < 1.29 is 9.84 Å². The molecule has 0 heterocycles. The Balaban J connectivity index is 2.39. The summed E-state index contributed by atoms with van der Waals surface area (Å²) in [6.45, 7) is 3.48. The number of thiol groups is 1. The summed E-state index contributed by atoms with van der Waals surface area (Å²) in [5, 5.41) is 10.1. The number of benzene rings is 2. The smallest absolute Gasteiger partial charge is 0.140 e. The van der Waals surface area contributed by atoms with Gasteiger partial charge in [-0.3, -0.25) is 0 Å². The van der Waals surface area contributed by atoms with Gasteiger partial charge in [-0.25, -0.2) is 0 Å². The van der Waals surface area contributed by atoms with Crippen molar-refractivity contribution in [1.82, 2.24) is 0 Å². The van der Waals surface area contributed by atoms with Crippen LogP contribution in [0.25, 0.3) is 0 Å². The third-order valence-corrected chi connectivity index (χ3v) is 3.00. The van der Waals surface area contributed by atoms with Gasteiger partial charge in [0.15, 0.2) is 0 Å². The second-order valence-corrected chi connectivity index (χ2v) is 5.11. The summed E-state index contributed by atoms with van der Waals surface area (Å²) in [4.78, 5) is 0.767. The van der Waals surface area contributed by atoms with E-state index < -0.39 is 5.60 Å². The molecule has 2 aromatic carbocycles. The lowest BCUT2D eigenvalue weighted by molar-refractivity contribution is 0.0762. The van der Waals surface area contributed by atoms with Crippen LogP contribution in [-0.4, -0.2) is 5.11 Å². The molecule has 0 bridgehead atoms. The predicted octanol–water partition coefficient (Wildman–Crippen LogP) is 4.00. The number of hydrogen-bond acceptors (Lipinski definition) is 3. The van der Waals surface area contributed by atoms with E-state index in [-0.39, 0.29) is 0 Å². The standard InChI is InChI=1S/C15H16O2S/c1-15(2,16)11-7-3-4-8-12(11)17-13-9-5-6-10-14(13)18/h3-10,16,18H,1-2H3. The van der Waals surface area contributed by atoms with E-state index in [9.17, 15) is 5.11 Å². The summed E-state index contributed by atoms with van der Waals surface area (Å²) in [6, 6.07) is 15.0. The zero-order chi connectivity index (χ0) is 13.2. The van der Waals surface area contributed by atoms with Crippen LogP contribution in [0.1, 0.15) is 19.4 Å². The molecule has 0 saturated heterocycles. The molecule has 2 aromatic rings. The van der Waals surface area contributed by atoms with Gasteiger partial charge in [0.05, 0.1) is 5.60 Å². The normalized spacial score (nSPS) is 11.3. The lowest BCUT2D eigenvalue weighted by Gasteiger charge is -2.21. The van der Waals surface area contributed by atoms with Gasteiger partial charge in [0.25, 0.3) is 0 Å². The molecule has 0 fully saturated rings. The maximum Gasteiger partial charge on any atom is 0.140 e. The first-order chi connectivity index (χ1) is 8.48. The molecule has 0 spiro atoms. The second-order valence-electron chi connectivity index (χ2n) is 4.62. The molecule has 1 N–H and O–H groups in total. The molecule has 0 aliphatic carbocycles. The van der Waals surface area contributed by atoms with Crippen LogP contribution in [-0.2, 0) is 5.60 Å². The maximum absolute atomic E-state index is 10.1. The van der Waals surface area contributed by atoms with Crippen molar-refractivity contribution >= 4 is 12.6 Å². The summed E-state index contributed by atoms with van der Waals surface area (Å²) in [6.07, 6.45) is 0. The summed E-state index contributed by atoms with van der Waals surface area (Å²) >= 11 is 4.35. The van der Waals surface area contributed by atoms with Gasteiger partial charge in [0, 0.05) is 10.5 Å². The molecule has 0 aromatic heterocycles. The molecule has 2 rings (SSSR count). The third-order valence-electron chi connectivity index (χ3n) is 2.63. The van der Waals surface area contributed by atoms with Gasteiger partial charge in [0.2, 0.25) is 0 Å². The van der Waals surface area contributed by atoms with E-state index in [4.69, 9.17) is 4.74 Å². The Morgan fingerprint density at radius 2 is 1.50 bits per heavy atom. The van der Waals surface area contributed by atoms with Gasteiger partial charge >= 0.3 is 0 Å². The molecule has 18 heavy (non-hydrogen) atoms. The van der Waals surface area contributed by atoms with Crippen molar-refractivity contribution in [1.29, 1.82) is 0 Å². The van der Waals surface area contributed by atoms with Crippen LogP contribution < -0.4 is 4.74 Å². The van der Waals surface area contributed by atoms with E-state index in [0.717, 1.165) is 10.5 Å². The van der Waals surface area contributed by atoms with E-state index in [1.165, 1.54) is 0 Å². The number of ether oxygens (including phenoxy) is 1. The van der Waals surface area contributed by atoms with E-state index in [2.05, 4.69) is 12.6 Å². The zero-order valence-corrected chi connectivity index (χ0v) is 11.3. The van der Waals surface area contributed by atoms with Crippen LogP contribution in [0.2, 0.25) is 0 Å². The lowest BCUT2D eigenvalue weighted by Crippen LogP contribution is -2.16. The molecule has 2 nitrogen and oxygen atoms in total. The van der Waals surface area contributed by atoms with Gasteiger partial charge in [-0.15, -0.1) is 12.6 Å². The SMILES string of the molecule is CC(C)(O)c1ccccc1Oc1ccccc1S. The molecule has 0 amide bonds. The van der Waals surface area contributed by atoms with Crippen LogP contribution in [0.3, 0.4) is 0 Å². The predicted molar refractivity (Wildman–Crippen MR) is 75.5 cm³/mol. The first kappa shape index (κ1) is 13.0. The fraction of sp³-hybridized carbons (Fsp3) is 0.200. The molecule has 0 radical (unpaired) electrons. The van der Waals surface area contributed by atoms with Crippen molar-refractivity contribution in [3.63, 3.8) is 0 Å². The van der Waals surface area contributed by atoms with E-state index >= 15 is 0 Å². The number of hydrogen-bond donors (Lipinski definition) is 2. The summed E-state index contributed by atoms with van der Waals surface area (Å²) in [7, 11) is 0. The Morgan fingerprint density at radius 1 is 0.944 bits per heavy atom. The van der Waals surface area contributed by atoms with Gasteiger partial charge in [0.1, 0.15) is 11.5 Å². The molecule has 0 aliphatic rings. The van der Waals surface area contributed by atoms with Gasteiger partial charge in [-0.2, -0.15) is 0 Å². The molecule has 94 valence electrons. The number of aliphatic hydroxyl groups is 1. The van der Waals surface area contributed by atoms with Gasteiger partial charge < -0.3 is 9.84 Å². The Bertz CT molecular complexity index is 544. The maximum atomic E-state index is 10.1. The first-order valence-electron chi connectivity index (χ1n) is 5.76. The van der Waals surface area contributed by atoms with Crippen LogP contribution in [0, 0.1) is 0 Å². The van der Waals surface area contributed by atoms with Gasteiger partial charge in [-0.05, 0) is 32.0 Å². The highest BCUT2D eigenvalue weighted by atomic mass is 32.1. The Kier molecular flexibility index (Phi) is 3.64. The quantitative estimate of drug-likeness (QED) is 0.817. The topological polar surface area (TPSA) is 29.5 Å². The van der Waals surface area contributed by atoms with Crippen molar-refractivity contribution in [3.8, 4) is 11.5 Å². The fourth-order valence-electron chi connectivity index (χ4n) is 1.72. The first-order valence-corrected chi connectivity index (χ1v) is 6.21. The average molecular weight is 260 g/mol. The van der Waals surface area contributed by atoms with Crippen molar-refractivity contribution in [2.24, 2.45) is 0 Å². The summed E-state index contributed by atoms with van der Waals surface area (Å²) in [5.41, 5.74) is -0.191. The Hall–Kier alpha value is -1.45. The third kappa shape index (κ3) is 2.86. The molecular formula is C15H16O2S. The Morgan fingerprint density at radius 3 is 2.11 bits per heavy atom. The van der Waals surface area contributed by atoms with Gasteiger partial charge in [-0.1, -0.05) is 30.3 Å². The number of para-hydroxylation sites is 2. The molecule has 3 heteroatoms. The molecule has 0 atom stereocenters. The molecular weight excluding hydrogens is 244 g/mol. The molecule has 0 saturated carbocycles. The fourth-order valence-corrected chi connectivity index (χ4v) is 1.93. The minimum Gasteiger partial charge on any atom is -0.456 e. The summed E-state index contributed by atoms with van der Waals surface area (Å²) < 4.78 is 5.83. The highest BCUT2D eigenvalue weighted by Gasteiger charge is 2.21. The van der Waals surface area contributed by atoms with E-state index in [1.807, 2.05) is 48.5 Å². The van der Waals surface area contributed by atoms with Crippen molar-refractivity contribution in [2.75, 3.05) is 0 Å². The minimum absolute atomic E-state index is 0.645. The van der Waals surface area contributed by atoms with Crippen molar-refractivity contribution in [2.45, 2.75) is 24.3 Å². The second kappa shape index (κ2) is 5.04. The van der Waals surface area contributed by atoms with Crippen LogP contribution in [0.5, 0.6) is 11.5 Å². The molecule has 0 aliphatic heterocycles. The van der Waals surface area contributed by atoms with E-state index in [1.54, 1.807) is 13.8 Å². The largest absolute Gasteiger partial charge is 0.456 e. The minimum atomic E-state index is -0.942. The van der Waals surface area contributed by atoms with Crippen LogP contribution in [0.15, 0.2) is 53.4 Å². The van der Waals surface area contributed by atoms with Crippen LogP contribution in [0.4, 0.5) is 0 Å². The number of rotatable bonds is 3. The van der Waals surface area contributed by atoms with Crippen LogP contribution >= 0.6 is 12.6 Å². The monoisotopic (exact) mass is 260 g/mol. The lowest BCUT2D eigenvalue weighted by atomic mass is 9.97. The zero-order valence-electron chi connectivity index (χ0n) is 10.4. The highest BCUT2D eigenvalue weighted by molar-refractivity contribution is 7.80.